The van der Waals surface area contributed by atoms with Gasteiger partial charge in [-0.25, -0.2) is 4.79 Å². The Hall–Kier alpha value is -1.39. The average Bonchev–Trinajstić information content (AvgIpc) is 2.41. The van der Waals surface area contributed by atoms with Crippen LogP contribution in [0.5, 0.6) is 0 Å². The van der Waals surface area contributed by atoms with Crippen molar-refractivity contribution in [1.82, 2.24) is 5.06 Å². The first-order chi connectivity index (χ1) is 8.81. The molecule has 1 aliphatic rings. The Morgan fingerprint density at radius 1 is 1.22 bits per heavy atom. The fraction of sp³-hybridized carbons (Fsp3) is 0.500. The molecule has 0 bridgehead atoms. The summed E-state index contributed by atoms with van der Waals surface area (Å²) in [4.78, 5) is 17.5. The molecule has 1 aromatic carbocycles. The highest BCUT2D eigenvalue weighted by Gasteiger charge is 2.18. The van der Waals surface area contributed by atoms with Crippen LogP contribution in [-0.4, -0.2) is 31.2 Å². The van der Waals surface area contributed by atoms with E-state index in [4.69, 9.17) is 9.57 Å². The lowest BCUT2D eigenvalue weighted by molar-refractivity contribution is -0.119. The third-order valence-electron chi connectivity index (χ3n) is 3.06. The minimum absolute atomic E-state index is 0.287. The fourth-order valence-electron chi connectivity index (χ4n) is 2.12. The molecule has 1 aliphatic heterocycles. The molecule has 1 heterocycles. The smallest absolute Gasteiger partial charge is 0.357 e. The van der Waals surface area contributed by atoms with Crippen LogP contribution in [0, 0.1) is 0 Å². The van der Waals surface area contributed by atoms with Crippen LogP contribution in [0.2, 0.25) is 0 Å². The van der Waals surface area contributed by atoms with Gasteiger partial charge < -0.3 is 9.57 Å². The van der Waals surface area contributed by atoms with E-state index in [1.807, 2.05) is 18.2 Å². The van der Waals surface area contributed by atoms with Gasteiger partial charge in [0.05, 0.1) is 12.2 Å². The minimum atomic E-state index is -0.287. The number of nitrogens with zero attached hydrogens (tertiary/aromatic N) is 1. The van der Waals surface area contributed by atoms with E-state index in [9.17, 15) is 4.79 Å². The molecule has 0 atom stereocenters. The van der Waals surface area contributed by atoms with E-state index in [1.165, 1.54) is 6.42 Å². The van der Waals surface area contributed by atoms with Crippen molar-refractivity contribution in [2.45, 2.75) is 25.9 Å². The molecule has 0 radical (unpaired) electrons. The standard InChI is InChI=1S/C14H19NO3/c1-17-11-12-7-3-4-8-13(12)14(16)18-15-9-5-2-6-10-15/h3-4,7-8H,2,5-6,9-11H2,1H3. The Balaban J connectivity index is 2.03. The van der Waals surface area contributed by atoms with E-state index in [0.29, 0.717) is 12.2 Å². The predicted molar refractivity (Wildman–Crippen MR) is 68.0 cm³/mol. The topological polar surface area (TPSA) is 38.8 Å². The molecule has 98 valence electrons. The van der Waals surface area contributed by atoms with Gasteiger partial charge in [-0.15, -0.1) is 5.06 Å². The third kappa shape index (κ3) is 3.31. The summed E-state index contributed by atoms with van der Waals surface area (Å²) in [6.07, 6.45) is 3.40. The van der Waals surface area contributed by atoms with Crippen LogP contribution < -0.4 is 0 Å². The number of methoxy groups -OCH3 is 1. The Labute approximate surface area is 107 Å². The van der Waals surface area contributed by atoms with Crippen molar-refractivity contribution in [3.05, 3.63) is 35.4 Å². The van der Waals surface area contributed by atoms with Crippen molar-refractivity contribution in [2.75, 3.05) is 20.2 Å². The summed E-state index contributed by atoms with van der Waals surface area (Å²) in [6.45, 7) is 2.08. The molecule has 4 heteroatoms. The number of carbonyl (C=O) groups is 1. The van der Waals surface area contributed by atoms with Crippen molar-refractivity contribution in [1.29, 1.82) is 0 Å². The van der Waals surface area contributed by atoms with Crippen LogP contribution in [0.4, 0.5) is 0 Å². The number of rotatable bonds is 4. The first kappa shape index (κ1) is 13.1. The number of hydrogen-bond acceptors (Lipinski definition) is 4. The lowest BCUT2D eigenvalue weighted by atomic mass is 10.1. The minimum Gasteiger partial charge on any atom is -0.380 e. The lowest BCUT2D eigenvalue weighted by Gasteiger charge is -2.25. The van der Waals surface area contributed by atoms with Crippen LogP contribution >= 0.6 is 0 Å². The number of piperidine rings is 1. The van der Waals surface area contributed by atoms with Gasteiger partial charge in [0.2, 0.25) is 0 Å². The van der Waals surface area contributed by atoms with Gasteiger partial charge in [0.15, 0.2) is 0 Å². The number of carbonyl (C=O) groups excluding carboxylic acids is 1. The summed E-state index contributed by atoms with van der Waals surface area (Å²) >= 11 is 0. The van der Waals surface area contributed by atoms with E-state index in [0.717, 1.165) is 31.5 Å². The van der Waals surface area contributed by atoms with Crippen LogP contribution in [0.1, 0.15) is 35.2 Å². The van der Waals surface area contributed by atoms with E-state index < -0.39 is 0 Å². The molecular weight excluding hydrogens is 230 g/mol. The summed E-state index contributed by atoms with van der Waals surface area (Å²) in [6, 6.07) is 7.40. The second kappa shape index (κ2) is 6.52. The van der Waals surface area contributed by atoms with E-state index >= 15 is 0 Å². The molecule has 1 saturated heterocycles. The molecule has 0 aliphatic carbocycles. The SMILES string of the molecule is COCc1ccccc1C(=O)ON1CCCCC1. The highest BCUT2D eigenvalue weighted by Crippen LogP contribution is 2.15. The Morgan fingerprint density at radius 2 is 1.94 bits per heavy atom. The molecule has 0 unspecified atom stereocenters. The fourth-order valence-corrected chi connectivity index (χ4v) is 2.12. The first-order valence-electron chi connectivity index (χ1n) is 6.35. The Morgan fingerprint density at radius 3 is 2.67 bits per heavy atom. The maximum atomic E-state index is 12.1. The quantitative estimate of drug-likeness (QED) is 0.821. The van der Waals surface area contributed by atoms with E-state index in [-0.39, 0.29) is 5.97 Å². The largest absolute Gasteiger partial charge is 0.380 e. The molecule has 2 rings (SSSR count). The van der Waals surface area contributed by atoms with Gasteiger partial charge in [0, 0.05) is 20.2 Å². The highest BCUT2D eigenvalue weighted by molar-refractivity contribution is 5.90. The van der Waals surface area contributed by atoms with Gasteiger partial charge in [-0.05, 0) is 24.5 Å². The molecule has 18 heavy (non-hydrogen) atoms. The average molecular weight is 249 g/mol. The summed E-state index contributed by atoms with van der Waals surface area (Å²) in [7, 11) is 1.62. The third-order valence-corrected chi connectivity index (χ3v) is 3.06. The van der Waals surface area contributed by atoms with Crippen molar-refractivity contribution < 1.29 is 14.4 Å². The molecule has 1 aromatic rings. The first-order valence-corrected chi connectivity index (χ1v) is 6.35. The Kier molecular flexibility index (Phi) is 4.73. The van der Waals surface area contributed by atoms with Gasteiger partial charge in [-0.2, -0.15) is 0 Å². The summed E-state index contributed by atoms with van der Waals surface area (Å²) in [5, 5.41) is 1.76. The summed E-state index contributed by atoms with van der Waals surface area (Å²) < 4.78 is 5.09. The van der Waals surface area contributed by atoms with Gasteiger partial charge in [0.25, 0.3) is 0 Å². The molecule has 0 N–H and O–H groups in total. The molecular formula is C14H19NO3. The zero-order valence-corrected chi connectivity index (χ0v) is 10.7. The predicted octanol–water partition coefficient (Wildman–Crippen LogP) is 2.39. The van der Waals surface area contributed by atoms with E-state index in [2.05, 4.69) is 0 Å². The second-order valence-corrected chi connectivity index (χ2v) is 4.46. The zero-order chi connectivity index (χ0) is 12.8. The van der Waals surface area contributed by atoms with Crippen molar-refractivity contribution in [2.24, 2.45) is 0 Å². The van der Waals surface area contributed by atoms with Crippen LogP contribution in [0.15, 0.2) is 24.3 Å². The lowest BCUT2D eigenvalue weighted by Crippen LogP contribution is -2.32. The van der Waals surface area contributed by atoms with Crippen LogP contribution in [0.3, 0.4) is 0 Å². The Bertz CT molecular complexity index is 400. The van der Waals surface area contributed by atoms with Crippen molar-refractivity contribution in [3.63, 3.8) is 0 Å². The maximum absolute atomic E-state index is 12.1. The monoisotopic (exact) mass is 249 g/mol. The van der Waals surface area contributed by atoms with Gasteiger partial charge in [-0.1, -0.05) is 24.6 Å². The van der Waals surface area contributed by atoms with Gasteiger partial charge >= 0.3 is 5.97 Å². The molecule has 0 aromatic heterocycles. The normalized spacial score (nSPS) is 16.5. The molecule has 0 spiro atoms. The summed E-state index contributed by atoms with van der Waals surface area (Å²) in [5.74, 6) is -0.287. The highest BCUT2D eigenvalue weighted by atomic mass is 16.7. The van der Waals surface area contributed by atoms with Crippen LogP contribution in [-0.2, 0) is 16.2 Å². The van der Waals surface area contributed by atoms with Crippen molar-refractivity contribution >= 4 is 5.97 Å². The number of hydrogen-bond donors (Lipinski definition) is 0. The van der Waals surface area contributed by atoms with Crippen molar-refractivity contribution in [3.8, 4) is 0 Å². The van der Waals surface area contributed by atoms with Gasteiger partial charge in [-0.3, -0.25) is 0 Å². The summed E-state index contributed by atoms with van der Waals surface area (Å²) in [5.41, 5.74) is 1.45. The molecule has 0 saturated carbocycles. The molecule has 4 nitrogen and oxygen atoms in total. The van der Waals surface area contributed by atoms with Crippen LogP contribution in [0.25, 0.3) is 0 Å². The number of hydroxylamine groups is 2. The number of benzene rings is 1. The van der Waals surface area contributed by atoms with E-state index in [1.54, 1.807) is 18.2 Å². The zero-order valence-electron chi connectivity index (χ0n) is 10.7. The number of ether oxygens (including phenoxy) is 1. The second-order valence-electron chi connectivity index (χ2n) is 4.46. The maximum Gasteiger partial charge on any atom is 0.357 e. The molecule has 1 fully saturated rings. The molecule has 0 amide bonds. The van der Waals surface area contributed by atoms with Gasteiger partial charge in [0.1, 0.15) is 0 Å².